The number of aryl methyl sites for hydroxylation is 1. The third-order valence-electron chi connectivity index (χ3n) is 2.81. The van der Waals surface area contributed by atoms with Crippen molar-refractivity contribution in [2.75, 3.05) is 17.7 Å². The Morgan fingerprint density at radius 1 is 1.06 bits per heavy atom. The summed E-state index contributed by atoms with van der Waals surface area (Å²) in [5.41, 5.74) is 3.46. The van der Waals surface area contributed by atoms with E-state index in [2.05, 4.69) is 10.6 Å². The number of hydrogen-bond donors (Lipinski definition) is 2. The van der Waals surface area contributed by atoms with Crippen LogP contribution in [0.1, 0.15) is 15.9 Å². The summed E-state index contributed by atoms with van der Waals surface area (Å²) < 4.78 is 0. The molecule has 92 valence electrons. The average Bonchev–Trinajstić information content (AvgIpc) is 2.41. The monoisotopic (exact) mass is 240 g/mol. The molecule has 0 aliphatic heterocycles. The van der Waals surface area contributed by atoms with Gasteiger partial charge in [0.25, 0.3) is 5.91 Å². The van der Waals surface area contributed by atoms with Gasteiger partial charge in [0.2, 0.25) is 0 Å². The molecule has 1 amide bonds. The molecule has 0 aromatic heterocycles. The average molecular weight is 240 g/mol. The van der Waals surface area contributed by atoms with E-state index in [1.807, 2.05) is 56.4 Å². The third-order valence-corrected chi connectivity index (χ3v) is 2.81. The molecule has 0 bridgehead atoms. The predicted octanol–water partition coefficient (Wildman–Crippen LogP) is 3.29. The van der Waals surface area contributed by atoms with Gasteiger partial charge < -0.3 is 10.6 Å². The zero-order valence-electron chi connectivity index (χ0n) is 10.5. The van der Waals surface area contributed by atoms with Gasteiger partial charge in [0, 0.05) is 24.0 Å². The van der Waals surface area contributed by atoms with Crippen LogP contribution in [0.5, 0.6) is 0 Å². The van der Waals surface area contributed by atoms with Crippen LogP contribution in [-0.2, 0) is 0 Å². The van der Waals surface area contributed by atoms with Crippen molar-refractivity contribution < 1.29 is 4.79 Å². The Kier molecular flexibility index (Phi) is 3.63. The van der Waals surface area contributed by atoms with Crippen molar-refractivity contribution in [2.45, 2.75) is 6.92 Å². The highest BCUT2D eigenvalue weighted by molar-refractivity contribution is 6.05. The minimum Gasteiger partial charge on any atom is -0.388 e. The Hall–Kier alpha value is -2.29. The normalized spacial score (nSPS) is 9.89. The Balaban J connectivity index is 2.19. The third kappa shape index (κ3) is 2.69. The molecule has 2 aromatic carbocycles. The SMILES string of the molecule is CNc1cccc(C(=O)Nc2ccccc2C)c1. The minimum atomic E-state index is -0.0959. The van der Waals surface area contributed by atoms with E-state index in [0.717, 1.165) is 16.9 Å². The lowest BCUT2D eigenvalue weighted by Gasteiger charge is -2.09. The number of hydrogen-bond acceptors (Lipinski definition) is 2. The molecule has 0 aliphatic carbocycles. The van der Waals surface area contributed by atoms with E-state index in [0.29, 0.717) is 5.56 Å². The van der Waals surface area contributed by atoms with Crippen molar-refractivity contribution in [2.24, 2.45) is 0 Å². The molecule has 0 aliphatic rings. The predicted molar refractivity (Wildman–Crippen MR) is 75.1 cm³/mol. The molecule has 2 rings (SSSR count). The highest BCUT2D eigenvalue weighted by atomic mass is 16.1. The molecule has 2 aromatic rings. The second-order valence-corrected chi connectivity index (χ2v) is 4.10. The van der Waals surface area contributed by atoms with Crippen LogP contribution >= 0.6 is 0 Å². The van der Waals surface area contributed by atoms with Gasteiger partial charge in [-0.1, -0.05) is 24.3 Å². The van der Waals surface area contributed by atoms with E-state index in [1.165, 1.54) is 0 Å². The standard InChI is InChI=1S/C15H16N2O/c1-11-6-3-4-9-14(11)17-15(18)12-7-5-8-13(10-12)16-2/h3-10,16H,1-2H3,(H,17,18). The highest BCUT2D eigenvalue weighted by Gasteiger charge is 2.07. The molecule has 0 radical (unpaired) electrons. The van der Waals surface area contributed by atoms with Gasteiger partial charge in [-0.05, 0) is 36.8 Å². The van der Waals surface area contributed by atoms with Gasteiger partial charge in [-0.15, -0.1) is 0 Å². The Morgan fingerprint density at radius 2 is 1.83 bits per heavy atom. The smallest absolute Gasteiger partial charge is 0.255 e. The number of nitrogens with one attached hydrogen (secondary N) is 2. The van der Waals surface area contributed by atoms with Crippen molar-refractivity contribution in [1.29, 1.82) is 0 Å². The van der Waals surface area contributed by atoms with Gasteiger partial charge in [0.15, 0.2) is 0 Å². The van der Waals surface area contributed by atoms with Gasteiger partial charge in [-0.3, -0.25) is 4.79 Å². The fourth-order valence-electron chi connectivity index (χ4n) is 1.72. The number of carbonyl (C=O) groups excluding carboxylic acids is 1. The number of carbonyl (C=O) groups is 1. The van der Waals surface area contributed by atoms with Gasteiger partial charge in [-0.25, -0.2) is 0 Å². The molecule has 3 nitrogen and oxygen atoms in total. The van der Waals surface area contributed by atoms with Crippen LogP contribution in [0.4, 0.5) is 11.4 Å². The summed E-state index contributed by atoms with van der Waals surface area (Å²) in [4.78, 5) is 12.1. The number of para-hydroxylation sites is 1. The molecule has 18 heavy (non-hydrogen) atoms. The lowest BCUT2D eigenvalue weighted by molar-refractivity contribution is 0.102. The summed E-state index contributed by atoms with van der Waals surface area (Å²) in [5, 5.41) is 5.93. The maximum atomic E-state index is 12.1. The zero-order chi connectivity index (χ0) is 13.0. The number of anilines is 2. The van der Waals surface area contributed by atoms with Crippen molar-refractivity contribution in [1.82, 2.24) is 0 Å². The fourth-order valence-corrected chi connectivity index (χ4v) is 1.72. The van der Waals surface area contributed by atoms with Crippen LogP contribution in [-0.4, -0.2) is 13.0 Å². The van der Waals surface area contributed by atoms with E-state index in [1.54, 1.807) is 6.07 Å². The van der Waals surface area contributed by atoms with Crippen LogP contribution in [0.2, 0.25) is 0 Å². The summed E-state index contributed by atoms with van der Waals surface area (Å²) in [6, 6.07) is 15.1. The number of amides is 1. The molecule has 0 spiro atoms. The Labute approximate surface area is 107 Å². The first kappa shape index (κ1) is 12.2. The fraction of sp³-hybridized carbons (Fsp3) is 0.133. The topological polar surface area (TPSA) is 41.1 Å². The van der Waals surface area contributed by atoms with Crippen LogP contribution in [0, 0.1) is 6.92 Å². The van der Waals surface area contributed by atoms with E-state index in [4.69, 9.17) is 0 Å². The van der Waals surface area contributed by atoms with Gasteiger partial charge >= 0.3 is 0 Å². The largest absolute Gasteiger partial charge is 0.388 e. The van der Waals surface area contributed by atoms with Gasteiger partial charge in [0.05, 0.1) is 0 Å². The number of benzene rings is 2. The van der Waals surface area contributed by atoms with Crippen molar-refractivity contribution in [3.05, 3.63) is 59.7 Å². The maximum Gasteiger partial charge on any atom is 0.255 e. The zero-order valence-corrected chi connectivity index (χ0v) is 10.5. The molecule has 0 saturated carbocycles. The molecule has 0 unspecified atom stereocenters. The molecule has 2 N–H and O–H groups in total. The summed E-state index contributed by atoms with van der Waals surface area (Å²) >= 11 is 0. The molecule has 3 heteroatoms. The molecule has 0 saturated heterocycles. The summed E-state index contributed by atoms with van der Waals surface area (Å²) in [5.74, 6) is -0.0959. The lowest BCUT2D eigenvalue weighted by atomic mass is 10.1. The molecule has 0 heterocycles. The molecule has 0 fully saturated rings. The first-order chi connectivity index (χ1) is 8.70. The maximum absolute atomic E-state index is 12.1. The van der Waals surface area contributed by atoms with E-state index < -0.39 is 0 Å². The Morgan fingerprint density at radius 3 is 2.56 bits per heavy atom. The first-order valence-corrected chi connectivity index (χ1v) is 5.85. The van der Waals surface area contributed by atoms with Crippen LogP contribution in [0.3, 0.4) is 0 Å². The Bertz CT molecular complexity index is 564. The lowest BCUT2D eigenvalue weighted by Crippen LogP contribution is -2.12. The minimum absolute atomic E-state index is 0.0959. The summed E-state index contributed by atoms with van der Waals surface area (Å²) in [7, 11) is 1.83. The van der Waals surface area contributed by atoms with E-state index >= 15 is 0 Å². The van der Waals surface area contributed by atoms with E-state index in [9.17, 15) is 4.79 Å². The molecular formula is C15H16N2O. The van der Waals surface area contributed by atoms with Crippen molar-refractivity contribution in [3.63, 3.8) is 0 Å². The summed E-state index contributed by atoms with van der Waals surface area (Å²) in [6.45, 7) is 1.97. The van der Waals surface area contributed by atoms with Gasteiger partial charge in [0.1, 0.15) is 0 Å². The number of rotatable bonds is 3. The van der Waals surface area contributed by atoms with E-state index in [-0.39, 0.29) is 5.91 Å². The first-order valence-electron chi connectivity index (χ1n) is 5.85. The van der Waals surface area contributed by atoms with Crippen molar-refractivity contribution in [3.8, 4) is 0 Å². The van der Waals surface area contributed by atoms with Crippen LogP contribution < -0.4 is 10.6 Å². The molecular weight excluding hydrogens is 224 g/mol. The van der Waals surface area contributed by atoms with Gasteiger partial charge in [-0.2, -0.15) is 0 Å². The highest BCUT2D eigenvalue weighted by Crippen LogP contribution is 2.16. The second kappa shape index (κ2) is 5.36. The second-order valence-electron chi connectivity index (χ2n) is 4.10. The van der Waals surface area contributed by atoms with Crippen molar-refractivity contribution >= 4 is 17.3 Å². The summed E-state index contributed by atoms with van der Waals surface area (Å²) in [6.07, 6.45) is 0. The van der Waals surface area contributed by atoms with Crippen LogP contribution in [0.15, 0.2) is 48.5 Å². The molecule has 0 atom stereocenters. The van der Waals surface area contributed by atoms with Crippen LogP contribution in [0.25, 0.3) is 0 Å². The quantitative estimate of drug-likeness (QED) is 0.864.